The van der Waals surface area contributed by atoms with Crippen LogP contribution in [0.5, 0.6) is 0 Å². The highest BCUT2D eigenvalue weighted by Gasteiger charge is 2.19. The van der Waals surface area contributed by atoms with E-state index < -0.39 is 0 Å². The van der Waals surface area contributed by atoms with Crippen molar-refractivity contribution in [1.82, 2.24) is 0 Å². The molecule has 7 aromatic carbocycles. The summed E-state index contributed by atoms with van der Waals surface area (Å²) in [6, 6.07) is 58.0. The normalized spacial score (nSPS) is 11.3. The molecule has 0 aliphatic heterocycles. The lowest BCUT2D eigenvalue weighted by Gasteiger charge is -2.27. The van der Waals surface area contributed by atoms with Crippen LogP contribution < -0.4 is 4.90 Å². The second-order valence-electron chi connectivity index (χ2n) is 10.6. The van der Waals surface area contributed by atoms with E-state index >= 15 is 0 Å². The van der Waals surface area contributed by atoms with Crippen LogP contribution in [0.1, 0.15) is 0 Å². The van der Waals surface area contributed by atoms with Crippen LogP contribution in [-0.2, 0) is 0 Å². The summed E-state index contributed by atoms with van der Waals surface area (Å²) in [5.41, 5.74) is 9.89. The molecule has 0 fully saturated rings. The van der Waals surface area contributed by atoms with Crippen LogP contribution in [0.3, 0.4) is 0 Å². The molecule has 0 unspecified atom stereocenters. The van der Waals surface area contributed by atoms with Gasteiger partial charge in [-0.1, -0.05) is 121 Å². The minimum atomic E-state index is 0.884. The Morgan fingerprint density at radius 2 is 0.952 bits per heavy atom. The van der Waals surface area contributed by atoms with E-state index in [2.05, 4.69) is 157 Å². The Morgan fingerprint density at radius 1 is 0.381 bits per heavy atom. The molecule has 42 heavy (non-hydrogen) atoms. The van der Waals surface area contributed by atoms with Crippen molar-refractivity contribution in [1.29, 1.82) is 0 Å². The fourth-order valence-corrected chi connectivity index (χ4v) is 5.97. The fraction of sp³-hybridized carbons (Fsp3) is 0. The molecule has 0 amide bonds. The summed E-state index contributed by atoms with van der Waals surface area (Å²) in [6.45, 7) is 0. The Labute approximate surface area is 244 Å². The van der Waals surface area contributed by atoms with Gasteiger partial charge in [0.2, 0.25) is 0 Å². The van der Waals surface area contributed by atoms with E-state index in [0.717, 1.165) is 39.0 Å². The zero-order valence-electron chi connectivity index (χ0n) is 22.9. The Balaban J connectivity index is 1.25. The number of furan rings is 1. The van der Waals surface area contributed by atoms with Gasteiger partial charge in [0, 0.05) is 16.8 Å². The second-order valence-corrected chi connectivity index (χ2v) is 10.6. The largest absolute Gasteiger partial charge is 0.456 e. The van der Waals surface area contributed by atoms with E-state index in [1.54, 1.807) is 0 Å². The van der Waals surface area contributed by atoms with Crippen LogP contribution in [0, 0.1) is 0 Å². The van der Waals surface area contributed by atoms with Gasteiger partial charge in [-0.05, 0) is 75.5 Å². The van der Waals surface area contributed by atoms with E-state index in [1.807, 2.05) is 12.1 Å². The predicted molar refractivity (Wildman–Crippen MR) is 177 cm³/mol. The number of anilines is 3. The first-order valence-corrected chi connectivity index (χ1v) is 14.3. The molecule has 0 saturated carbocycles. The molecule has 0 bridgehead atoms. The van der Waals surface area contributed by atoms with Gasteiger partial charge in [-0.15, -0.1) is 0 Å². The minimum absolute atomic E-state index is 0.884. The number of fused-ring (bicyclic) bond motifs is 4. The molecule has 0 atom stereocenters. The average Bonchev–Trinajstić information content (AvgIpc) is 3.45. The number of para-hydroxylation sites is 1. The highest BCUT2D eigenvalue weighted by Crippen LogP contribution is 2.43. The molecule has 0 radical (unpaired) electrons. The summed E-state index contributed by atoms with van der Waals surface area (Å²) in [4.78, 5) is 2.35. The van der Waals surface area contributed by atoms with Crippen molar-refractivity contribution in [2.75, 3.05) is 4.90 Å². The number of rotatable bonds is 5. The summed E-state index contributed by atoms with van der Waals surface area (Å²) in [7, 11) is 0. The lowest BCUT2D eigenvalue weighted by Crippen LogP contribution is -2.10. The van der Waals surface area contributed by atoms with E-state index in [9.17, 15) is 0 Å². The third-order valence-electron chi connectivity index (χ3n) is 8.06. The predicted octanol–water partition coefficient (Wildman–Crippen LogP) is 11.5. The van der Waals surface area contributed by atoms with Gasteiger partial charge in [-0.25, -0.2) is 0 Å². The molecular formula is C40H27NO. The molecule has 2 nitrogen and oxygen atoms in total. The van der Waals surface area contributed by atoms with E-state index in [-0.39, 0.29) is 0 Å². The lowest BCUT2D eigenvalue weighted by molar-refractivity contribution is 0.669. The smallest absolute Gasteiger partial charge is 0.137 e. The Kier molecular flexibility index (Phi) is 5.82. The van der Waals surface area contributed by atoms with Crippen LogP contribution in [0.4, 0.5) is 17.1 Å². The number of nitrogens with zero attached hydrogens (tertiary/aromatic N) is 1. The van der Waals surface area contributed by atoms with Crippen molar-refractivity contribution < 1.29 is 4.42 Å². The summed E-state index contributed by atoms with van der Waals surface area (Å²) in [5, 5.41) is 4.66. The third-order valence-corrected chi connectivity index (χ3v) is 8.06. The van der Waals surface area contributed by atoms with E-state index in [1.165, 1.54) is 33.0 Å². The zero-order chi connectivity index (χ0) is 27.9. The van der Waals surface area contributed by atoms with Crippen LogP contribution >= 0.6 is 0 Å². The quantitative estimate of drug-likeness (QED) is 0.217. The first kappa shape index (κ1) is 24.2. The molecule has 0 aliphatic carbocycles. The van der Waals surface area contributed by atoms with Crippen LogP contribution in [0.15, 0.2) is 168 Å². The first-order valence-electron chi connectivity index (χ1n) is 14.3. The van der Waals surface area contributed by atoms with Crippen molar-refractivity contribution in [2.24, 2.45) is 0 Å². The van der Waals surface area contributed by atoms with Gasteiger partial charge in [0.1, 0.15) is 11.2 Å². The summed E-state index contributed by atoms with van der Waals surface area (Å²) in [5.74, 6) is 0. The molecule has 8 aromatic rings. The number of benzene rings is 7. The van der Waals surface area contributed by atoms with Gasteiger partial charge in [0.05, 0.1) is 11.1 Å². The van der Waals surface area contributed by atoms with Crippen LogP contribution in [-0.4, -0.2) is 0 Å². The number of hydrogen-bond acceptors (Lipinski definition) is 2. The van der Waals surface area contributed by atoms with Crippen molar-refractivity contribution in [2.45, 2.75) is 0 Å². The van der Waals surface area contributed by atoms with E-state index in [0.29, 0.717) is 0 Å². The van der Waals surface area contributed by atoms with Gasteiger partial charge < -0.3 is 9.32 Å². The average molecular weight is 538 g/mol. The molecule has 1 aromatic heterocycles. The first-order chi connectivity index (χ1) is 20.8. The minimum Gasteiger partial charge on any atom is -0.456 e. The van der Waals surface area contributed by atoms with Crippen molar-refractivity contribution in [3.05, 3.63) is 164 Å². The molecule has 2 heteroatoms. The molecule has 1 heterocycles. The molecule has 198 valence electrons. The molecule has 0 saturated heterocycles. The number of hydrogen-bond donors (Lipinski definition) is 0. The molecule has 8 rings (SSSR count). The van der Waals surface area contributed by atoms with Crippen LogP contribution in [0.2, 0.25) is 0 Å². The standard InChI is InChI=1S/C40H27NO/c1-2-9-28(10-3-1)30-17-19-31(20-18-30)32-21-24-34(25-22-32)41(35-26-23-29-11-4-5-12-33(29)27-35)37-14-8-16-39-40(37)36-13-6-7-15-38(36)42-39/h1-27H. The Bertz CT molecular complexity index is 2180. The van der Waals surface area contributed by atoms with Gasteiger partial charge >= 0.3 is 0 Å². The van der Waals surface area contributed by atoms with E-state index in [4.69, 9.17) is 4.42 Å². The molecule has 0 spiro atoms. The molecule has 0 N–H and O–H groups in total. The topological polar surface area (TPSA) is 16.4 Å². The monoisotopic (exact) mass is 537 g/mol. The molecular weight excluding hydrogens is 510 g/mol. The summed E-state index contributed by atoms with van der Waals surface area (Å²) < 4.78 is 6.28. The van der Waals surface area contributed by atoms with Crippen molar-refractivity contribution >= 4 is 49.8 Å². The second kappa shape index (κ2) is 10.1. The summed E-state index contributed by atoms with van der Waals surface area (Å²) >= 11 is 0. The van der Waals surface area contributed by atoms with Gasteiger partial charge in [0.25, 0.3) is 0 Å². The van der Waals surface area contributed by atoms with Crippen molar-refractivity contribution in [3.8, 4) is 22.3 Å². The maximum absolute atomic E-state index is 6.28. The fourth-order valence-electron chi connectivity index (χ4n) is 5.97. The van der Waals surface area contributed by atoms with Crippen LogP contribution in [0.25, 0.3) is 55.0 Å². The van der Waals surface area contributed by atoms with Crippen molar-refractivity contribution in [3.63, 3.8) is 0 Å². The summed E-state index contributed by atoms with van der Waals surface area (Å²) in [6.07, 6.45) is 0. The highest BCUT2D eigenvalue weighted by atomic mass is 16.3. The molecule has 0 aliphatic rings. The zero-order valence-corrected chi connectivity index (χ0v) is 22.9. The Morgan fingerprint density at radius 3 is 1.71 bits per heavy atom. The van der Waals surface area contributed by atoms with Gasteiger partial charge in [-0.2, -0.15) is 0 Å². The SMILES string of the molecule is c1ccc(-c2ccc(-c3ccc(N(c4ccc5ccccc5c4)c4cccc5oc6ccccc6c45)cc3)cc2)cc1. The Hall–Kier alpha value is -5.60. The van der Waals surface area contributed by atoms with Gasteiger partial charge in [0.15, 0.2) is 0 Å². The van der Waals surface area contributed by atoms with Gasteiger partial charge in [-0.3, -0.25) is 0 Å². The highest BCUT2D eigenvalue weighted by molar-refractivity contribution is 6.13. The maximum Gasteiger partial charge on any atom is 0.137 e. The third kappa shape index (κ3) is 4.22. The lowest BCUT2D eigenvalue weighted by atomic mass is 10.00. The maximum atomic E-state index is 6.28.